The quantitative estimate of drug-likeness (QED) is 0.0126. The standard InChI is InChI=1S/C60H68ClF2N13O7S/c1-36-54(84-35-71-36)38-12-10-37(11-13-38)29-69-57(80)49-28-44(77)33-76(49)58(81)55(60(2,3)4)73-50(78)9-6-20-65-21-22-66-32-43(75-64)34-83-26-25-82-24-23-67-56(79)39-14-17-42(18-15-39)72-59-70-31-40-30-68-53(51-47(62)7-5-8-48(51)63)46-27-41(61)16-19-45(46)52(40)74-59/h5,7-8,10-19,27,31-32,35,44,49,55,65,77H,6,9,20-26,28-30,33-34,64H2,1-4H3,(H,67,79)(H,69,80)(H,73,78)(H,70,72,74)/t44-,49+,55-/m1/s1. The molecule has 4 heterocycles. The zero-order chi connectivity index (χ0) is 59.8. The Morgan fingerprint density at radius 3 is 2.43 bits per heavy atom. The predicted octanol–water partition coefficient (Wildman–Crippen LogP) is 6.93. The van der Waals surface area contributed by atoms with E-state index in [9.17, 15) is 33.1 Å². The summed E-state index contributed by atoms with van der Waals surface area (Å²) in [6, 6.07) is 21.5. The molecule has 20 nitrogen and oxygen atoms in total. The Bertz CT molecular complexity index is 3360. The Kier molecular flexibility index (Phi) is 21.8. The maximum Gasteiger partial charge on any atom is 0.251 e. The Morgan fingerprint density at radius 1 is 0.940 bits per heavy atom. The van der Waals surface area contributed by atoms with Gasteiger partial charge in [-0.2, -0.15) is 5.10 Å². The number of aliphatic imine (C=N–C) groups is 2. The van der Waals surface area contributed by atoms with Crippen LogP contribution in [-0.2, 0) is 36.9 Å². The van der Waals surface area contributed by atoms with Gasteiger partial charge in [-0.05, 0) is 85.0 Å². The lowest BCUT2D eigenvalue weighted by molar-refractivity contribution is -0.144. The SMILES string of the molecule is Cc1ncsc1-c1ccc(CNC(=O)[C@@H]2C[C@@H](O)CN2C(=O)[C@@H](NC(=O)CCCNCCN=CC(COCCOCCNC(=O)c2ccc(Nc3ncc4c(n3)-c3ccc(Cl)cc3C(c3c(F)cccc3F)=NC4)cc2)=NN)C(C)(C)C)cc1. The number of amides is 4. The molecule has 24 heteroatoms. The van der Waals surface area contributed by atoms with Gasteiger partial charge in [0.15, 0.2) is 0 Å². The van der Waals surface area contributed by atoms with Gasteiger partial charge in [-0.3, -0.25) is 29.2 Å². The molecule has 4 aromatic carbocycles. The summed E-state index contributed by atoms with van der Waals surface area (Å²) in [7, 11) is 0. The molecule has 1 saturated heterocycles. The number of hydrogen-bond donors (Lipinski definition) is 7. The molecule has 0 unspecified atom stereocenters. The fourth-order valence-electron chi connectivity index (χ4n) is 9.43. The minimum atomic E-state index is -0.922. The summed E-state index contributed by atoms with van der Waals surface area (Å²) in [5.74, 6) is 2.93. The number of nitrogens with one attached hydrogen (secondary N) is 5. The van der Waals surface area contributed by atoms with E-state index in [1.807, 2.05) is 52.0 Å². The number of anilines is 2. The summed E-state index contributed by atoms with van der Waals surface area (Å²) in [4.78, 5) is 78.4. The number of nitrogens with two attached hydrogens (primary N) is 1. The Balaban J connectivity index is 0.672. The van der Waals surface area contributed by atoms with E-state index in [-0.39, 0.29) is 100 Å². The van der Waals surface area contributed by atoms with E-state index < -0.39 is 41.1 Å². The molecule has 6 aromatic rings. The van der Waals surface area contributed by atoms with Crippen molar-refractivity contribution in [2.45, 2.75) is 78.2 Å². The monoisotopic (exact) mass is 1190 g/mol. The van der Waals surface area contributed by atoms with Crippen molar-refractivity contribution in [1.29, 1.82) is 0 Å². The van der Waals surface area contributed by atoms with E-state index >= 15 is 0 Å². The molecule has 0 saturated carbocycles. The highest BCUT2D eigenvalue weighted by Gasteiger charge is 2.44. The van der Waals surface area contributed by atoms with Crippen LogP contribution in [0.5, 0.6) is 0 Å². The maximum absolute atomic E-state index is 15.0. The number of aryl methyl sites for hydroxylation is 1. The number of aliphatic hydroxyl groups is 1. The van der Waals surface area contributed by atoms with Gasteiger partial charge < -0.3 is 51.9 Å². The Labute approximate surface area is 494 Å². The van der Waals surface area contributed by atoms with Gasteiger partial charge >= 0.3 is 0 Å². The lowest BCUT2D eigenvalue weighted by Crippen LogP contribution is -2.57. The number of fused-ring (bicyclic) bond motifs is 3. The number of carbonyl (C=O) groups is 4. The molecule has 0 radical (unpaired) electrons. The van der Waals surface area contributed by atoms with E-state index in [0.29, 0.717) is 70.4 Å². The van der Waals surface area contributed by atoms with Crippen LogP contribution in [0.25, 0.3) is 21.7 Å². The van der Waals surface area contributed by atoms with Crippen molar-refractivity contribution < 1.29 is 42.5 Å². The molecular weight excluding hydrogens is 1120 g/mol. The fourth-order valence-corrected chi connectivity index (χ4v) is 10.4. The maximum atomic E-state index is 15.0. The van der Waals surface area contributed by atoms with Crippen molar-refractivity contribution in [3.05, 3.63) is 147 Å². The highest BCUT2D eigenvalue weighted by atomic mass is 35.5. The van der Waals surface area contributed by atoms with Crippen LogP contribution in [0.2, 0.25) is 5.02 Å². The summed E-state index contributed by atoms with van der Waals surface area (Å²) < 4.78 is 41.2. The van der Waals surface area contributed by atoms with Gasteiger partial charge in [0.05, 0.1) is 78.7 Å². The first-order valence-electron chi connectivity index (χ1n) is 27.5. The number of aromatic nitrogens is 3. The van der Waals surface area contributed by atoms with E-state index in [1.54, 1.807) is 65.5 Å². The number of halogens is 3. The molecule has 2 aliphatic rings. The van der Waals surface area contributed by atoms with E-state index in [0.717, 1.165) is 21.7 Å². The first kappa shape index (κ1) is 62.1. The number of thiazole rings is 1. The largest absolute Gasteiger partial charge is 0.391 e. The van der Waals surface area contributed by atoms with Crippen LogP contribution in [0.1, 0.15) is 78.3 Å². The van der Waals surface area contributed by atoms with E-state index in [4.69, 9.17) is 31.9 Å². The van der Waals surface area contributed by atoms with Crippen molar-refractivity contribution in [2.75, 3.05) is 64.5 Å². The summed E-state index contributed by atoms with van der Waals surface area (Å²) in [6.07, 6.45) is 3.03. The van der Waals surface area contributed by atoms with Crippen LogP contribution < -0.4 is 32.4 Å². The number of carbonyl (C=O) groups excluding carboxylic acids is 4. The highest BCUT2D eigenvalue weighted by molar-refractivity contribution is 7.13. The smallest absolute Gasteiger partial charge is 0.251 e. The second-order valence-electron chi connectivity index (χ2n) is 21.1. The molecule has 8 rings (SSSR count). The second kappa shape index (κ2) is 29.5. The minimum Gasteiger partial charge on any atom is -0.391 e. The number of nitrogens with zero attached hydrogens (tertiary/aromatic N) is 7. The molecule has 2 aromatic heterocycles. The lowest BCUT2D eigenvalue weighted by atomic mass is 9.85. The first-order chi connectivity index (χ1) is 40.5. The molecular formula is C60H68ClF2N13O7S. The van der Waals surface area contributed by atoms with Gasteiger partial charge in [0, 0.05) is 84.4 Å². The van der Waals surface area contributed by atoms with E-state index in [1.165, 1.54) is 29.3 Å². The number of rotatable bonds is 26. The Hall–Kier alpha value is -7.93. The number of hydrazone groups is 1. The van der Waals surface area contributed by atoms with Crippen LogP contribution >= 0.6 is 22.9 Å². The summed E-state index contributed by atoms with van der Waals surface area (Å²) >= 11 is 7.92. The molecule has 0 aliphatic carbocycles. The summed E-state index contributed by atoms with van der Waals surface area (Å²) in [5.41, 5.74) is 7.55. The van der Waals surface area contributed by atoms with Crippen LogP contribution in [0.15, 0.2) is 112 Å². The van der Waals surface area contributed by atoms with Crippen molar-refractivity contribution in [2.24, 2.45) is 26.3 Å². The number of β-amino-alcohol motifs (C(OH)–C–C–N with tert-alkyl or cyclic N) is 1. The third-order valence-corrected chi connectivity index (χ3v) is 15.0. The zero-order valence-corrected chi connectivity index (χ0v) is 48.7. The number of aliphatic hydroxyl groups excluding tert-OH is 1. The van der Waals surface area contributed by atoms with Gasteiger partial charge in [-0.15, -0.1) is 11.3 Å². The molecule has 442 valence electrons. The van der Waals surface area contributed by atoms with Crippen molar-refractivity contribution >= 4 is 75.8 Å². The summed E-state index contributed by atoms with van der Waals surface area (Å²) in [6.45, 7) is 10.4. The number of ether oxygens (including phenoxy) is 2. The fraction of sp³-hybridized carbons (Fsp3) is 0.367. The normalized spacial score (nSPS) is 15.5. The molecule has 8 N–H and O–H groups in total. The van der Waals surface area contributed by atoms with Crippen molar-refractivity contribution in [3.8, 4) is 21.7 Å². The second-order valence-corrected chi connectivity index (χ2v) is 22.4. The average Bonchev–Trinajstić information content (AvgIpc) is 2.42. The van der Waals surface area contributed by atoms with Gasteiger partial charge in [-0.1, -0.05) is 68.8 Å². The minimum absolute atomic E-state index is 0.0119. The van der Waals surface area contributed by atoms with Crippen molar-refractivity contribution in [1.82, 2.24) is 41.1 Å². The van der Waals surface area contributed by atoms with Gasteiger partial charge in [0.2, 0.25) is 23.7 Å². The molecule has 4 amide bonds. The third kappa shape index (κ3) is 16.7. The molecule has 3 atom stereocenters. The molecule has 84 heavy (non-hydrogen) atoms. The predicted molar refractivity (Wildman–Crippen MR) is 321 cm³/mol. The van der Waals surface area contributed by atoms with E-state index in [2.05, 4.69) is 51.6 Å². The van der Waals surface area contributed by atoms with Crippen molar-refractivity contribution in [3.63, 3.8) is 0 Å². The highest BCUT2D eigenvalue weighted by Crippen LogP contribution is 2.35. The van der Waals surface area contributed by atoms with Gasteiger partial charge in [0.1, 0.15) is 29.4 Å². The lowest BCUT2D eigenvalue weighted by Gasteiger charge is -2.35. The summed E-state index contributed by atoms with van der Waals surface area (Å²) in [5, 5.41) is 29.8. The van der Waals surface area contributed by atoms with Gasteiger partial charge in [-0.25, -0.2) is 23.7 Å². The Morgan fingerprint density at radius 2 is 1.70 bits per heavy atom. The number of hydrogen-bond acceptors (Lipinski definition) is 17. The molecule has 0 bridgehead atoms. The zero-order valence-electron chi connectivity index (χ0n) is 47.1. The average molecular weight is 1190 g/mol. The van der Waals surface area contributed by atoms with Crippen LogP contribution in [-0.4, -0.2) is 144 Å². The molecule has 2 aliphatic heterocycles. The van der Waals surface area contributed by atoms with Crippen LogP contribution in [0.3, 0.4) is 0 Å². The van der Waals surface area contributed by atoms with Gasteiger partial charge in [0.25, 0.3) is 5.91 Å². The topological polar surface area (TPSA) is 272 Å². The third-order valence-electron chi connectivity index (χ3n) is 13.8. The molecule has 1 fully saturated rings. The number of benzene rings is 4. The number of likely N-dealkylation sites (tertiary alicyclic amines) is 1. The first-order valence-corrected chi connectivity index (χ1v) is 28.7. The molecule has 0 spiro atoms. The van der Waals surface area contributed by atoms with Crippen LogP contribution in [0, 0.1) is 24.0 Å². The van der Waals surface area contributed by atoms with Crippen LogP contribution in [0.4, 0.5) is 20.4 Å².